The maximum Gasteiger partial charge on any atom is 0.310 e. The van der Waals surface area contributed by atoms with E-state index in [2.05, 4.69) is 5.32 Å². The number of carbonyl (C=O) groups is 1. The average molecular weight is 366 g/mol. The van der Waals surface area contributed by atoms with E-state index in [9.17, 15) is 14.9 Å². The van der Waals surface area contributed by atoms with E-state index in [4.69, 9.17) is 9.15 Å². The second-order valence-electron chi connectivity index (χ2n) is 6.00. The Hall–Kier alpha value is -3.61. The number of carbonyl (C=O) groups excluding carboxylic acids is 1. The summed E-state index contributed by atoms with van der Waals surface area (Å²) in [4.78, 5) is 22.9. The molecule has 1 heterocycles. The number of furan rings is 1. The summed E-state index contributed by atoms with van der Waals surface area (Å²) in [6.45, 7) is 3.80. The van der Waals surface area contributed by atoms with Gasteiger partial charge in [-0.15, -0.1) is 0 Å². The Balaban J connectivity index is 1.68. The molecule has 2 aromatic carbocycles. The molecule has 0 spiro atoms. The highest BCUT2D eigenvalue weighted by Crippen LogP contribution is 2.27. The Kier molecular flexibility index (Phi) is 5.21. The van der Waals surface area contributed by atoms with Crippen molar-refractivity contribution in [2.45, 2.75) is 20.5 Å². The molecule has 3 rings (SSSR count). The first kappa shape index (κ1) is 18.2. The van der Waals surface area contributed by atoms with Gasteiger partial charge in [0.1, 0.15) is 12.4 Å². The fourth-order valence-corrected chi connectivity index (χ4v) is 2.64. The number of nitrogens with zero attached hydrogens (tertiary/aromatic N) is 1. The average Bonchev–Trinajstić information content (AvgIpc) is 3.12. The van der Waals surface area contributed by atoms with Crippen LogP contribution in [-0.2, 0) is 6.61 Å². The van der Waals surface area contributed by atoms with Crippen LogP contribution in [0.3, 0.4) is 0 Å². The fraction of sp³-hybridized carbons (Fsp3) is 0.150. The third kappa shape index (κ3) is 4.14. The predicted molar refractivity (Wildman–Crippen MR) is 100 cm³/mol. The van der Waals surface area contributed by atoms with Crippen LogP contribution in [0.25, 0.3) is 0 Å². The van der Waals surface area contributed by atoms with Crippen LogP contribution in [-0.4, -0.2) is 10.8 Å². The molecule has 0 unspecified atom stereocenters. The lowest BCUT2D eigenvalue weighted by Gasteiger charge is -2.10. The largest absolute Gasteiger partial charge is 0.479 e. The van der Waals surface area contributed by atoms with Crippen LogP contribution in [0.15, 0.2) is 59.0 Å². The SMILES string of the molecule is Cc1cccc(C)c1NC(=O)c1ccc(COc2ccccc2[N+](=O)[O-])o1. The molecular formula is C20H18N2O5. The highest BCUT2D eigenvalue weighted by atomic mass is 16.6. The highest BCUT2D eigenvalue weighted by Gasteiger charge is 2.16. The van der Waals surface area contributed by atoms with Gasteiger partial charge in [0, 0.05) is 11.8 Å². The quantitative estimate of drug-likeness (QED) is 0.507. The van der Waals surface area contributed by atoms with Gasteiger partial charge in [0.25, 0.3) is 5.91 Å². The molecule has 0 aliphatic rings. The lowest BCUT2D eigenvalue weighted by Crippen LogP contribution is -2.13. The maximum absolute atomic E-state index is 12.4. The van der Waals surface area contributed by atoms with E-state index >= 15 is 0 Å². The summed E-state index contributed by atoms with van der Waals surface area (Å²) in [6.07, 6.45) is 0. The van der Waals surface area contributed by atoms with E-state index in [1.807, 2.05) is 32.0 Å². The van der Waals surface area contributed by atoms with Crippen LogP contribution in [0.4, 0.5) is 11.4 Å². The Morgan fingerprint density at radius 2 is 1.78 bits per heavy atom. The molecule has 1 amide bonds. The van der Waals surface area contributed by atoms with E-state index in [0.717, 1.165) is 16.8 Å². The molecule has 0 aliphatic carbocycles. The van der Waals surface area contributed by atoms with Crippen LogP contribution in [0.2, 0.25) is 0 Å². The van der Waals surface area contributed by atoms with Crippen molar-refractivity contribution >= 4 is 17.3 Å². The second kappa shape index (κ2) is 7.74. The summed E-state index contributed by atoms with van der Waals surface area (Å²) in [5.74, 6) is 0.295. The first-order valence-corrected chi connectivity index (χ1v) is 8.28. The van der Waals surface area contributed by atoms with Gasteiger partial charge in [-0.25, -0.2) is 0 Å². The van der Waals surface area contributed by atoms with Crippen molar-refractivity contribution in [3.63, 3.8) is 0 Å². The molecule has 0 saturated carbocycles. The number of rotatable bonds is 6. The molecule has 0 radical (unpaired) electrons. The zero-order chi connectivity index (χ0) is 19.4. The number of amides is 1. The van der Waals surface area contributed by atoms with Gasteiger partial charge in [0.05, 0.1) is 4.92 Å². The maximum atomic E-state index is 12.4. The molecule has 3 aromatic rings. The van der Waals surface area contributed by atoms with Crippen molar-refractivity contribution in [2.75, 3.05) is 5.32 Å². The molecule has 7 nitrogen and oxygen atoms in total. The molecule has 27 heavy (non-hydrogen) atoms. The van der Waals surface area contributed by atoms with Crippen LogP contribution >= 0.6 is 0 Å². The molecule has 0 fully saturated rings. The van der Waals surface area contributed by atoms with Gasteiger partial charge >= 0.3 is 5.69 Å². The minimum atomic E-state index is -0.513. The van der Waals surface area contributed by atoms with E-state index in [-0.39, 0.29) is 29.7 Å². The Bertz CT molecular complexity index is 973. The number of anilines is 1. The number of nitro benzene ring substituents is 1. The number of hydrogen-bond donors (Lipinski definition) is 1. The zero-order valence-corrected chi connectivity index (χ0v) is 14.9. The summed E-state index contributed by atoms with van der Waals surface area (Å²) in [6, 6.07) is 15.0. The van der Waals surface area contributed by atoms with Crippen LogP contribution < -0.4 is 10.1 Å². The van der Waals surface area contributed by atoms with Gasteiger partial charge in [-0.2, -0.15) is 0 Å². The summed E-state index contributed by atoms with van der Waals surface area (Å²) in [5, 5.41) is 13.8. The number of aryl methyl sites for hydroxylation is 2. The van der Waals surface area contributed by atoms with Crippen molar-refractivity contribution in [1.29, 1.82) is 0 Å². The number of nitro groups is 1. The number of para-hydroxylation sites is 3. The first-order valence-electron chi connectivity index (χ1n) is 8.28. The fourth-order valence-electron chi connectivity index (χ4n) is 2.64. The monoisotopic (exact) mass is 366 g/mol. The Labute approximate surface area is 155 Å². The highest BCUT2D eigenvalue weighted by molar-refractivity contribution is 6.03. The summed E-state index contributed by atoms with van der Waals surface area (Å²) in [7, 11) is 0. The van der Waals surface area contributed by atoms with Crippen LogP contribution in [0, 0.1) is 24.0 Å². The van der Waals surface area contributed by atoms with Crippen molar-refractivity contribution in [3.8, 4) is 5.75 Å². The first-order chi connectivity index (χ1) is 13.0. The number of hydrogen-bond acceptors (Lipinski definition) is 5. The van der Waals surface area contributed by atoms with Crippen molar-refractivity contribution in [2.24, 2.45) is 0 Å². The number of benzene rings is 2. The normalized spacial score (nSPS) is 10.4. The van der Waals surface area contributed by atoms with Gasteiger partial charge in [-0.3, -0.25) is 14.9 Å². The second-order valence-corrected chi connectivity index (χ2v) is 6.00. The molecule has 0 aliphatic heterocycles. The molecule has 0 saturated heterocycles. The summed E-state index contributed by atoms with van der Waals surface area (Å²) >= 11 is 0. The molecule has 1 aromatic heterocycles. The van der Waals surface area contributed by atoms with Crippen LogP contribution in [0.5, 0.6) is 5.75 Å². The van der Waals surface area contributed by atoms with Crippen molar-refractivity contribution < 1.29 is 18.9 Å². The van der Waals surface area contributed by atoms with Gasteiger partial charge in [-0.1, -0.05) is 30.3 Å². The van der Waals surface area contributed by atoms with Gasteiger partial charge < -0.3 is 14.5 Å². The predicted octanol–water partition coefficient (Wildman–Crippen LogP) is 4.64. The third-order valence-corrected chi connectivity index (χ3v) is 4.04. The molecule has 1 N–H and O–H groups in total. The smallest absolute Gasteiger partial charge is 0.310 e. The molecule has 7 heteroatoms. The van der Waals surface area contributed by atoms with E-state index in [1.165, 1.54) is 12.1 Å². The molecule has 0 atom stereocenters. The topological polar surface area (TPSA) is 94.6 Å². The van der Waals surface area contributed by atoms with E-state index in [0.29, 0.717) is 5.76 Å². The number of nitrogens with one attached hydrogen (secondary N) is 1. The van der Waals surface area contributed by atoms with Gasteiger partial charge in [-0.05, 0) is 43.2 Å². The minimum absolute atomic E-state index is 0.0263. The minimum Gasteiger partial charge on any atom is -0.479 e. The standard InChI is InChI=1S/C20H18N2O5/c1-13-6-5-7-14(2)19(13)21-20(23)18-11-10-15(27-18)12-26-17-9-4-3-8-16(17)22(24)25/h3-11H,12H2,1-2H3,(H,21,23). The summed E-state index contributed by atoms with van der Waals surface area (Å²) < 4.78 is 11.0. The van der Waals surface area contributed by atoms with E-state index in [1.54, 1.807) is 24.3 Å². The van der Waals surface area contributed by atoms with Crippen LogP contribution in [0.1, 0.15) is 27.4 Å². The third-order valence-electron chi connectivity index (χ3n) is 4.04. The van der Waals surface area contributed by atoms with E-state index < -0.39 is 4.92 Å². The number of ether oxygens (including phenoxy) is 1. The Morgan fingerprint density at radius 1 is 1.07 bits per heavy atom. The molecule has 0 bridgehead atoms. The Morgan fingerprint density at radius 3 is 2.48 bits per heavy atom. The molecule has 138 valence electrons. The lowest BCUT2D eigenvalue weighted by molar-refractivity contribution is -0.386. The van der Waals surface area contributed by atoms with Crippen molar-refractivity contribution in [1.82, 2.24) is 0 Å². The van der Waals surface area contributed by atoms with Crippen molar-refractivity contribution in [3.05, 3.63) is 87.4 Å². The summed E-state index contributed by atoms with van der Waals surface area (Å²) in [5.41, 5.74) is 2.53. The lowest BCUT2D eigenvalue weighted by atomic mass is 10.1. The molecular weight excluding hydrogens is 348 g/mol. The van der Waals surface area contributed by atoms with Gasteiger partial charge in [0.2, 0.25) is 0 Å². The van der Waals surface area contributed by atoms with Gasteiger partial charge in [0.15, 0.2) is 11.5 Å². The zero-order valence-electron chi connectivity index (χ0n) is 14.9.